The number of sulfonamides is 1. The van der Waals surface area contributed by atoms with Gasteiger partial charge in [0.1, 0.15) is 0 Å². The van der Waals surface area contributed by atoms with E-state index in [1.54, 1.807) is 16.4 Å². The number of benzene rings is 1. The highest BCUT2D eigenvalue weighted by molar-refractivity contribution is 7.89. The molecule has 6 heteroatoms. The number of rotatable bonds is 2. The number of anilines is 1. The van der Waals surface area contributed by atoms with Crippen molar-refractivity contribution < 1.29 is 8.42 Å². The number of nitrogens with two attached hydrogens (primary N) is 1. The van der Waals surface area contributed by atoms with Crippen molar-refractivity contribution in [2.75, 3.05) is 18.8 Å². The number of halogens is 1. The van der Waals surface area contributed by atoms with Gasteiger partial charge in [0.25, 0.3) is 0 Å². The van der Waals surface area contributed by atoms with Crippen LogP contribution >= 0.6 is 11.6 Å². The van der Waals surface area contributed by atoms with E-state index in [2.05, 4.69) is 0 Å². The SMILES string of the molecule is Nc1ccc(S(=O)(=O)N2CCC3CCCCC3C2)cc1Cl. The second-order valence-electron chi connectivity index (χ2n) is 6.14. The molecule has 0 spiro atoms. The monoisotopic (exact) mass is 328 g/mol. The van der Waals surface area contributed by atoms with Gasteiger partial charge in [-0.3, -0.25) is 0 Å². The average molecular weight is 329 g/mol. The number of hydrogen-bond acceptors (Lipinski definition) is 3. The molecule has 2 N–H and O–H groups in total. The molecule has 116 valence electrons. The van der Waals surface area contributed by atoms with Crippen molar-refractivity contribution >= 4 is 27.3 Å². The Morgan fingerprint density at radius 2 is 1.86 bits per heavy atom. The summed E-state index contributed by atoms with van der Waals surface area (Å²) in [7, 11) is -3.46. The van der Waals surface area contributed by atoms with Gasteiger partial charge in [0.05, 0.1) is 15.6 Å². The Kier molecular flexibility index (Phi) is 4.17. The Morgan fingerprint density at radius 3 is 2.57 bits per heavy atom. The number of nitrogens with zero attached hydrogens (tertiary/aromatic N) is 1. The van der Waals surface area contributed by atoms with E-state index in [4.69, 9.17) is 17.3 Å². The van der Waals surface area contributed by atoms with E-state index < -0.39 is 10.0 Å². The lowest BCUT2D eigenvalue weighted by Crippen LogP contribution is -2.44. The summed E-state index contributed by atoms with van der Waals surface area (Å²) in [6.07, 6.45) is 5.91. The van der Waals surface area contributed by atoms with Crippen molar-refractivity contribution in [2.24, 2.45) is 11.8 Å². The van der Waals surface area contributed by atoms with E-state index in [1.807, 2.05) is 0 Å². The van der Waals surface area contributed by atoms with Crippen molar-refractivity contribution in [1.29, 1.82) is 0 Å². The van der Waals surface area contributed by atoms with Gasteiger partial charge in [-0.15, -0.1) is 0 Å². The first-order valence-corrected chi connectivity index (χ1v) is 9.35. The number of piperidine rings is 1. The van der Waals surface area contributed by atoms with Gasteiger partial charge in [0.15, 0.2) is 0 Å². The van der Waals surface area contributed by atoms with Crippen LogP contribution in [0.15, 0.2) is 23.1 Å². The standard InChI is InChI=1S/C15H21ClN2O2S/c16-14-9-13(5-6-15(14)17)21(19,20)18-8-7-11-3-1-2-4-12(11)10-18/h5-6,9,11-12H,1-4,7-8,10,17H2. The molecule has 0 radical (unpaired) electrons. The summed E-state index contributed by atoms with van der Waals surface area (Å²) < 4.78 is 27.1. The first-order valence-electron chi connectivity index (χ1n) is 7.53. The minimum Gasteiger partial charge on any atom is -0.398 e. The first kappa shape index (κ1) is 15.1. The molecule has 0 aromatic heterocycles. The maximum absolute atomic E-state index is 12.8. The van der Waals surface area contributed by atoms with Crippen molar-refractivity contribution in [3.63, 3.8) is 0 Å². The molecule has 0 bridgehead atoms. The Balaban J connectivity index is 1.83. The largest absolute Gasteiger partial charge is 0.398 e. The molecule has 0 amide bonds. The molecule has 3 rings (SSSR count). The van der Waals surface area contributed by atoms with Gasteiger partial charge >= 0.3 is 0 Å². The Hall–Kier alpha value is -0.780. The van der Waals surface area contributed by atoms with Crippen LogP contribution in [-0.2, 0) is 10.0 Å². The lowest BCUT2D eigenvalue weighted by Gasteiger charge is -2.40. The summed E-state index contributed by atoms with van der Waals surface area (Å²) >= 11 is 5.96. The van der Waals surface area contributed by atoms with E-state index in [0.29, 0.717) is 35.6 Å². The zero-order valence-corrected chi connectivity index (χ0v) is 13.5. The molecule has 1 saturated heterocycles. The molecule has 1 aliphatic carbocycles. The van der Waals surface area contributed by atoms with Crippen LogP contribution in [0.3, 0.4) is 0 Å². The highest BCUT2D eigenvalue weighted by Gasteiger charge is 2.36. The zero-order valence-electron chi connectivity index (χ0n) is 12.0. The predicted molar refractivity (Wildman–Crippen MR) is 84.7 cm³/mol. The van der Waals surface area contributed by atoms with Crippen molar-refractivity contribution in [1.82, 2.24) is 4.31 Å². The lowest BCUT2D eigenvalue weighted by atomic mass is 9.76. The van der Waals surface area contributed by atoms with E-state index in [1.165, 1.54) is 25.3 Å². The van der Waals surface area contributed by atoms with Gasteiger partial charge in [-0.25, -0.2) is 8.42 Å². The van der Waals surface area contributed by atoms with Crippen LogP contribution in [0.2, 0.25) is 5.02 Å². The van der Waals surface area contributed by atoms with Crippen LogP contribution in [0.1, 0.15) is 32.1 Å². The quantitative estimate of drug-likeness (QED) is 0.848. The summed E-state index contributed by atoms with van der Waals surface area (Å²) in [5, 5.41) is 0.295. The molecule has 1 aliphatic heterocycles. The van der Waals surface area contributed by atoms with E-state index in [0.717, 1.165) is 12.8 Å². The molecule has 21 heavy (non-hydrogen) atoms. The van der Waals surface area contributed by atoms with Crippen LogP contribution in [0.4, 0.5) is 5.69 Å². The summed E-state index contributed by atoms with van der Waals surface area (Å²) in [4.78, 5) is 0.246. The maximum Gasteiger partial charge on any atom is 0.243 e. The molecule has 2 unspecified atom stereocenters. The van der Waals surface area contributed by atoms with Gasteiger partial charge in [-0.1, -0.05) is 30.9 Å². The van der Waals surface area contributed by atoms with Crippen LogP contribution in [0, 0.1) is 11.8 Å². The summed E-state index contributed by atoms with van der Waals surface area (Å²) in [6, 6.07) is 4.56. The molecule has 1 aromatic rings. The fraction of sp³-hybridized carbons (Fsp3) is 0.600. The fourth-order valence-corrected chi connectivity index (χ4v) is 5.39. The smallest absolute Gasteiger partial charge is 0.243 e. The Bertz CT molecular complexity index is 633. The summed E-state index contributed by atoms with van der Waals surface area (Å²) in [5.74, 6) is 1.23. The van der Waals surface area contributed by atoms with E-state index in [-0.39, 0.29) is 4.90 Å². The van der Waals surface area contributed by atoms with Gasteiger partial charge in [-0.2, -0.15) is 4.31 Å². The second kappa shape index (κ2) is 5.78. The molecule has 2 aliphatic rings. The number of nitrogen functional groups attached to an aromatic ring is 1. The summed E-state index contributed by atoms with van der Waals surface area (Å²) in [5.41, 5.74) is 6.06. The van der Waals surface area contributed by atoms with Gasteiger partial charge < -0.3 is 5.73 Å². The fourth-order valence-electron chi connectivity index (χ4n) is 3.60. The third-order valence-electron chi connectivity index (χ3n) is 4.86. The average Bonchev–Trinajstić information content (AvgIpc) is 2.49. The van der Waals surface area contributed by atoms with Gasteiger partial charge in [-0.05, 0) is 42.9 Å². The summed E-state index contributed by atoms with van der Waals surface area (Å²) in [6.45, 7) is 1.26. The molecular formula is C15H21ClN2O2S. The van der Waals surface area contributed by atoms with Crippen LogP contribution in [-0.4, -0.2) is 25.8 Å². The topological polar surface area (TPSA) is 63.4 Å². The normalized spacial score (nSPS) is 27.3. The predicted octanol–water partition coefficient (Wildman–Crippen LogP) is 3.12. The van der Waals surface area contributed by atoms with Crippen LogP contribution in [0.5, 0.6) is 0 Å². The molecule has 2 fully saturated rings. The molecule has 2 atom stereocenters. The van der Waals surface area contributed by atoms with E-state index >= 15 is 0 Å². The lowest BCUT2D eigenvalue weighted by molar-refractivity contribution is 0.136. The Morgan fingerprint density at radius 1 is 1.14 bits per heavy atom. The second-order valence-corrected chi connectivity index (χ2v) is 8.48. The number of hydrogen-bond donors (Lipinski definition) is 1. The minimum absolute atomic E-state index is 0.246. The number of fused-ring (bicyclic) bond motifs is 1. The van der Waals surface area contributed by atoms with Crippen molar-refractivity contribution in [2.45, 2.75) is 37.0 Å². The van der Waals surface area contributed by atoms with Crippen LogP contribution in [0.25, 0.3) is 0 Å². The van der Waals surface area contributed by atoms with Crippen molar-refractivity contribution in [3.8, 4) is 0 Å². The maximum atomic E-state index is 12.8. The van der Waals surface area contributed by atoms with Crippen LogP contribution < -0.4 is 5.73 Å². The van der Waals surface area contributed by atoms with Gasteiger partial charge in [0, 0.05) is 13.1 Å². The zero-order chi connectivity index (χ0) is 15.0. The third kappa shape index (κ3) is 2.91. The molecule has 4 nitrogen and oxygen atoms in total. The highest BCUT2D eigenvalue weighted by Crippen LogP contribution is 2.38. The minimum atomic E-state index is -3.46. The first-order chi connectivity index (χ1) is 9.98. The Labute approximate surface area is 131 Å². The van der Waals surface area contributed by atoms with Crippen molar-refractivity contribution in [3.05, 3.63) is 23.2 Å². The molecule has 1 heterocycles. The van der Waals surface area contributed by atoms with E-state index in [9.17, 15) is 8.42 Å². The molecular weight excluding hydrogens is 308 g/mol. The molecule has 1 aromatic carbocycles. The van der Waals surface area contributed by atoms with Gasteiger partial charge in [0.2, 0.25) is 10.0 Å². The molecule has 1 saturated carbocycles. The highest BCUT2D eigenvalue weighted by atomic mass is 35.5. The third-order valence-corrected chi connectivity index (χ3v) is 7.05.